The zero-order valence-corrected chi connectivity index (χ0v) is 15.3. The van der Waals surface area contributed by atoms with Crippen LogP contribution in [0, 0.1) is 0 Å². The second kappa shape index (κ2) is 7.85. The summed E-state index contributed by atoms with van der Waals surface area (Å²) < 4.78 is 0. The van der Waals surface area contributed by atoms with Gasteiger partial charge >= 0.3 is 0 Å². The number of anilines is 1. The van der Waals surface area contributed by atoms with Crippen LogP contribution in [0.5, 0.6) is 0 Å². The van der Waals surface area contributed by atoms with Crippen LogP contribution in [0.15, 0.2) is 54.6 Å². The van der Waals surface area contributed by atoms with Gasteiger partial charge in [-0.15, -0.1) is 0 Å². The van der Waals surface area contributed by atoms with Crippen molar-refractivity contribution in [3.8, 4) is 0 Å². The summed E-state index contributed by atoms with van der Waals surface area (Å²) in [6.45, 7) is 10.3. The van der Waals surface area contributed by atoms with E-state index in [1.165, 1.54) is 16.8 Å². The minimum Gasteiger partial charge on any atom is -0.364 e. The summed E-state index contributed by atoms with van der Waals surface area (Å²) in [7, 11) is 0. The van der Waals surface area contributed by atoms with Crippen molar-refractivity contribution >= 4 is 5.69 Å². The number of hydrogen-bond donors (Lipinski definition) is 0. The maximum Gasteiger partial charge on any atom is 0.0392 e. The van der Waals surface area contributed by atoms with Gasteiger partial charge in [0, 0.05) is 24.3 Å². The smallest absolute Gasteiger partial charge is 0.0392 e. The first-order chi connectivity index (χ1) is 11.7. The van der Waals surface area contributed by atoms with Crippen LogP contribution in [0.4, 0.5) is 5.69 Å². The molecule has 0 bridgehead atoms. The van der Waals surface area contributed by atoms with Gasteiger partial charge in [0.2, 0.25) is 0 Å². The monoisotopic (exact) mass is 322 g/mol. The summed E-state index contributed by atoms with van der Waals surface area (Å²) in [6, 6.07) is 21.0. The Labute approximate surface area is 147 Å². The predicted octanol–water partition coefficient (Wildman–Crippen LogP) is 4.39. The molecule has 2 aromatic carbocycles. The molecule has 24 heavy (non-hydrogen) atoms. The van der Waals surface area contributed by atoms with E-state index < -0.39 is 0 Å². The van der Waals surface area contributed by atoms with Gasteiger partial charge in [0.1, 0.15) is 0 Å². The highest BCUT2D eigenvalue weighted by Gasteiger charge is 2.30. The first-order valence-electron chi connectivity index (χ1n) is 9.35. The summed E-state index contributed by atoms with van der Waals surface area (Å²) >= 11 is 0. The fraction of sp³-hybridized carbons (Fsp3) is 0.455. The molecule has 1 atom stereocenters. The highest BCUT2D eigenvalue weighted by atomic mass is 15.2. The fourth-order valence-electron chi connectivity index (χ4n) is 4.10. The van der Waals surface area contributed by atoms with Crippen LogP contribution in [0.1, 0.15) is 31.9 Å². The molecule has 0 spiro atoms. The van der Waals surface area contributed by atoms with E-state index in [1.807, 2.05) is 0 Å². The Kier molecular flexibility index (Phi) is 5.57. The predicted molar refractivity (Wildman–Crippen MR) is 104 cm³/mol. The average Bonchev–Trinajstić information content (AvgIpc) is 3.04. The summed E-state index contributed by atoms with van der Waals surface area (Å²) in [5.41, 5.74) is 4.41. The highest BCUT2D eigenvalue weighted by molar-refractivity contribution is 5.50. The van der Waals surface area contributed by atoms with Gasteiger partial charge in [0.25, 0.3) is 0 Å². The van der Waals surface area contributed by atoms with Gasteiger partial charge in [-0.25, -0.2) is 0 Å². The molecule has 0 amide bonds. The molecule has 0 saturated carbocycles. The van der Waals surface area contributed by atoms with Crippen LogP contribution in [0.25, 0.3) is 0 Å². The lowest BCUT2D eigenvalue weighted by Crippen LogP contribution is -2.48. The van der Waals surface area contributed by atoms with Crippen molar-refractivity contribution in [1.29, 1.82) is 0 Å². The highest BCUT2D eigenvalue weighted by Crippen LogP contribution is 2.30. The quantitative estimate of drug-likeness (QED) is 0.746. The minimum absolute atomic E-state index is 0.506. The van der Waals surface area contributed by atoms with Crippen LogP contribution in [0.3, 0.4) is 0 Å². The van der Waals surface area contributed by atoms with Crippen molar-refractivity contribution in [3.63, 3.8) is 0 Å². The van der Waals surface area contributed by atoms with E-state index >= 15 is 0 Å². The zero-order chi connectivity index (χ0) is 16.9. The third kappa shape index (κ3) is 3.64. The number of benzene rings is 2. The van der Waals surface area contributed by atoms with Crippen LogP contribution in [-0.2, 0) is 12.8 Å². The molecule has 2 aromatic rings. The van der Waals surface area contributed by atoms with E-state index in [0.29, 0.717) is 12.1 Å². The van der Waals surface area contributed by atoms with Crippen LogP contribution < -0.4 is 4.90 Å². The molecule has 0 heterocycles. The molecule has 0 fully saturated rings. The molecule has 1 aliphatic rings. The average molecular weight is 322 g/mol. The maximum atomic E-state index is 2.66. The topological polar surface area (TPSA) is 6.48 Å². The number of fused-ring (bicyclic) bond motifs is 1. The lowest BCUT2D eigenvalue weighted by molar-refractivity contribution is 0.278. The second-order valence-corrected chi connectivity index (χ2v) is 6.91. The first kappa shape index (κ1) is 17.0. The lowest BCUT2D eigenvalue weighted by Gasteiger charge is -2.39. The molecule has 0 N–H and O–H groups in total. The van der Waals surface area contributed by atoms with E-state index in [-0.39, 0.29) is 0 Å². The minimum atomic E-state index is 0.506. The van der Waals surface area contributed by atoms with Crippen molar-refractivity contribution in [2.24, 2.45) is 0 Å². The lowest BCUT2D eigenvalue weighted by atomic mass is 10.1. The molecule has 128 valence electrons. The Hall–Kier alpha value is -1.80. The van der Waals surface area contributed by atoms with Crippen molar-refractivity contribution in [3.05, 3.63) is 65.7 Å². The molecule has 2 nitrogen and oxygen atoms in total. The van der Waals surface area contributed by atoms with Crippen LogP contribution in [0.2, 0.25) is 0 Å². The third-order valence-electron chi connectivity index (χ3n) is 5.37. The Morgan fingerprint density at radius 3 is 1.96 bits per heavy atom. The number of nitrogens with zero attached hydrogens (tertiary/aromatic N) is 2. The largest absolute Gasteiger partial charge is 0.364 e. The van der Waals surface area contributed by atoms with E-state index in [9.17, 15) is 0 Å². The molecular formula is C22H30N2. The number of hydrogen-bond acceptors (Lipinski definition) is 2. The summed E-state index contributed by atoms with van der Waals surface area (Å²) in [5, 5.41) is 0. The van der Waals surface area contributed by atoms with E-state index in [1.54, 1.807) is 0 Å². The van der Waals surface area contributed by atoms with Gasteiger partial charge in [-0.3, -0.25) is 0 Å². The van der Waals surface area contributed by atoms with Crippen LogP contribution >= 0.6 is 0 Å². The van der Waals surface area contributed by atoms with Crippen molar-refractivity contribution in [1.82, 2.24) is 4.90 Å². The normalized spacial score (nSPS) is 15.5. The van der Waals surface area contributed by atoms with E-state index in [2.05, 4.69) is 85.2 Å². The van der Waals surface area contributed by atoms with Gasteiger partial charge in [-0.1, -0.05) is 56.3 Å². The number of rotatable bonds is 7. The van der Waals surface area contributed by atoms with Gasteiger partial charge in [-0.2, -0.15) is 0 Å². The van der Waals surface area contributed by atoms with Gasteiger partial charge < -0.3 is 9.80 Å². The van der Waals surface area contributed by atoms with Gasteiger partial charge in [0.05, 0.1) is 0 Å². The SMILES string of the molecule is CCN(CC)CC(C)N(c1ccccc1)C1Cc2ccccc2C1. The third-order valence-corrected chi connectivity index (χ3v) is 5.37. The van der Waals surface area contributed by atoms with Gasteiger partial charge in [-0.05, 0) is 56.1 Å². The molecule has 0 aliphatic heterocycles. The summed E-state index contributed by atoms with van der Waals surface area (Å²) in [6.07, 6.45) is 2.32. The molecule has 0 aromatic heterocycles. The molecule has 0 radical (unpaired) electrons. The van der Waals surface area contributed by atoms with Crippen LogP contribution in [-0.4, -0.2) is 36.6 Å². The maximum absolute atomic E-state index is 2.66. The first-order valence-corrected chi connectivity index (χ1v) is 9.35. The van der Waals surface area contributed by atoms with E-state index in [4.69, 9.17) is 0 Å². The molecule has 1 unspecified atom stereocenters. The summed E-state index contributed by atoms with van der Waals surface area (Å²) in [4.78, 5) is 5.20. The van der Waals surface area contributed by atoms with Crippen molar-refractivity contribution < 1.29 is 0 Å². The van der Waals surface area contributed by atoms with Crippen molar-refractivity contribution in [2.75, 3.05) is 24.5 Å². The Balaban J connectivity index is 1.84. The van der Waals surface area contributed by atoms with Crippen molar-refractivity contribution in [2.45, 2.75) is 45.7 Å². The molecule has 1 aliphatic carbocycles. The molecular weight excluding hydrogens is 292 g/mol. The van der Waals surface area contributed by atoms with E-state index in [0.717, 1.165) is 32.5 Å². The second-order valence-electron chi connectivity index (χ2n) is 6.91. The Bertz CT molecular complexity index is 608. The fourth-order valence-corrected chi connectivity index (χ4v) is 4.10. The Morgan fingerprint density at radius 2 is 1.42 bits per heavy atom. The standard InChI is InChI=1S/C22H30N2/c1-4-23(5-2)17-18(3)24(21-13-7-6-8-14-21)22-15-19-11-9-10-12-20(19)16-22/h6-14,18,22H,4-5,15-17H2,1-3H3. The Morgan fingerprint density at radius 1 is 0.875 bits per heavy atom. The number of para-hydroxylation sites is 1. The van der Waals surface area contributed by atoms with Gasteiger partial charge in [0.15, 0.2) is 0 Å². The summed E-state index contributed by atoms with van der Waals surface area (Å²) in [5.74, 6) is 0. The molecule has 2 heteroatoms. The zero-order valence-electron chi connectivity index (χ0n) is 15.3. The molecule has 3 rings (SSSR count). The molecule has 0 saturated heterocycles. The number of likely N-dealkylation sites (N-methyl/N-ethyl adjacent to an activating group) is 1.